The zero-order chi connectivity index (χ0) is 15.7. The summed E-state index contributed by atoms with van der Waals surface area (Å²) in [6, 6.07) is 7.45. The fourth-order valence-electron chi connectivity index (χ4n) is 1.59. The number of anilines is 1. The van der Waals surface area contributed by atoms with Gasteiger partial charge in [0.1, 0.15) is 17.4 Å². The van der Waals surface area contributed by atoms with Crippen molar-refractivity contribution in [2.75, 3.05) is 32.7 Å². The molecule has 21 heavy (non-hydrogen) atoms. The van der Waals surface area contributed by atoms with Crippen LogP contribution in [-0.4, -0.2) is 33.3 Å². The van der Waals surface area contributed by atoms with Crippen molar-refractivity contribution in [1.29, 1.82) is 5.26 Å². The SMILES string of the molecule is COCCNC(=O)/C(C#N)=C\Nc1cc(C)ccc1OC. The van der Waals surface area contributed by atoms with Crippen LogP contribution in [0.5, 0.6) is 5.75 Å². The van der Waals surface area contributed by atoms with Crippen LogP contribution in [0.3, 0.4) is 0 Å². The zero-order valence-corrected chi connectivity index (χ0v) is 12.4. The molecule has 0 fully saturated rings. The average Bonchev–Trinajstić information content (AvgIpc) is 2.48. The summed E-state index contributed by atoms with van der Waals surface area (Å²) in [5.74, 6) is 0.183. The van der Waals surface area contributed by atoms with Crippen LogP contribution in [0, 0.1) is 18.3 Å². The van der Waals surface area contributed by atoms with Gasteiger partial charge in [-0.1, -0.05) is 6.07 Å². The first-order valence-corrected chi connectivity index (χ1v) is 6.41. The molecule has 0 saturated carbocycles. The molecule has 0 spiro atoms. The summed E-state index contributed by atoms with van der Waals surface area (Å²) in [6.45, 7) is 2.68. The molecule has 6 heteroatoms. The molecular formula is C15H19N3O3. The highest BCUT2D eigenvalue weighted by Gasteiger charge is 2.08. The fourth-order valence-corrected chi connectivity index (χ4v) is 1.59. The molecule has 0 aromatic heterocycles. The average molecular weight is 289 g/mol. The van der Waals surface area contributed by atoms with Crippen molar-refractivity contribution in [2.45, 2.75) is 6.92 Å². The Morgan fingerprint density at radius 2 is 2.19 bits per heavy atom. The maximum absolute atomic E-state index is 11.8. The third-order valence-electron chi connectivity index (χ3n) is 2.68. The second-order valence-electron chi connectivity index (χ2n) is 4.27. The Balaban J connectivity index is 2.79. The lowest BCUT2D eigenvalue weighted by Crippen LogP contribution is -2.28. The van der Waals surface area contributed by atoms with Gasteiger partial charge in [0.05, 0.1) is 19.4 Å². The second-order valence-corrected chi connectivity index (χ2v) is 4.27. The summed E-state index contributed by atoms with van der Waals surface area (Å²) in [7, 11) is 3.10. The zero-order valence-electron chi connectivity index (χ0n) is 12.4. The van der Waals surface area contributed by atoms with E-state index in [1.54, 1.807) is 14.2 Å². The maximum atomic E-state index is 11.8. The molecule has 0 heterocycles. The lowest BCUT2D eigenvalue weighted by Gasteiger charge is -2.09. The van der Waals surface area contributed by atoms with Gasteiger partial charge in [-0.3, -0.25) is 4.79 Å². The number of nitrogens with zero attached hydrogens (tertiary/aromatic N) is 1. The van der Waals surface area contributed by atoms with E-state index < -0.39 is 5.91 Å². The minimum atomic E-state index is -0.450. The quantitative estimate of drug-likeness (QED) is 0.452. The van der Waals surface area contributed by atoms with Gasteiger partial charge in [0, 0.05) is 19.9 Å². The molecule has 1 aromatic carbocycles. The third-order valence-corrected chi connectivity index (χ3v) is 2.68. The number of methoxy groups -OCH3 is 2. The minimum absolute atomic E-state index is 0.0188. The molecule has 0 bridgehead atoms. The van der Waals surface area contributed by atoms with Crippen LogP contribution in [-0.2, 0) is 9.53 Å². The monoisotopic (exact) mass is 289 g/mol. The molecule has 0 aliphatic rings. The van der Waals surface area contributed by atoms with Gasteiger partial charge in [0.15, 0.2) is 0 Å². The van der Waals surface area contributed by atoms with Gasteiger partial charge < -0.3 is 20.1 Å². The van der Waals surface area contributed by atoms with E-state index in [1.807, 2.05) is 31.2 Å². The van der Waals surface area contributed by atoms with Gasteiger partial charge in [-0.05, 0) is 24.6 Å². The molecule has 1 rings (SSSR count). The summed E-state index contributed by atoms with van der Waals surface area (Å²) >= 11 is 0. The highest BCUT2D eigenvalue weighted by atomic mass is 16.5. The van der Waals surface area contributed by atoms with Gasteiger partial charge in [-0.15, -0.1) is 0 Å². The Morgan fingerprint density at radius 3 is 2.81 bits per heavy atom. The topological polar surface area (TPSA) is 83.4 Å². The van der Waals surface area contributed by atoms with Gasteiger partial charge in [0.2, 0.25) is 0 Å². The van der Waals surface area contributed by atoms with Crippen LogP contribution in [0.4, 0.5) is 5.69 Å². The first-order valence-electron chi connectivity index (χ1n) is 6.41. The number of ether oxygens (including phenoxy) is 2. The van der Waals surface area contributed by atoms with Crippen molar-refractivity contribution < 1.29 is 14.3 Å². The standard InChI is InChI=1S/C15H19N3O3/c1-11-4-5-14(21-3)13(8-11)18-10-12(9-16)15(19)17-6-7-20-2/h4-5,8,10,18H,6-7H2,1-3H3,(H,17,19)/b12-10-. The van der Waals surface area contributed by atoms with Crippen LogP contribution in [0.15, 0.2) is 30.0 Å². The van der Waals surface area contributed by atoms with E-state index in [0.717, 1.165) is 5.56 Å². The van der Waals surface area contributed by atoms with E-state index in [2.05, 4.69) is 10.6 Å². The van der Waals surface area contributed by atoms with Gasteiger partial charge in [-0.25, -0.2) is 0 Å². The predicted octanol–water partition coefficient (Wildman–Crippen LogP) is 1.59. The van der Waals surface area contributed by atoms with E-state index in [1.165, 1.54) is 6.20 Å². The Morgan fingerprint density at radius 1 is 1.43 bits per heavy atom. The Kier molecular flexibility index (Phi) is 6.78. The van der Waals surface area contributed by atoms with Crippen LogP contribution in [0.2, 0.25) is 0 Å². The molecule has 112 valence electrons. The Hall–Kier alpha value is -2.52. The van der Waals surface area contributed by atoms with Crippen LogP contribution in [0.25, 0.3) is 0 Å². The van der Waals surface area contributed by atoms with Crippen LogP contribution in [0.1, 0.15) is 5.56 Å². The first-order chi connectivity index (χ1) is 10.1. The summed E-state index contributed by atoms with van der Waals surface area (Å²) in [5.41, 5.74) is 1.71. The van der Waals surface area contributed by atoms with Gasteiger partial charge in [-0.2, -0.15) is 5.26 Å². The number of nitrogens with one attached hydrogen (secondary N) is 2. The summed E-state index contributed by atoms with van der Waals surface area (Å²) in [4.78, 5) is 11.8. The molecule has 6 nitrogen and oxygen atoms in total. The Labute approximate surface area is 124 Å². The summed E-state index contributed by atoms with van der Waals surface area (Å²) in [6.07, 6.45) is 1.36. The molecule has 0 aliphatic carbocycles. The second kappa shape index (κ2) is 8.61. The molecule has 0 saturated heterocycles. The minimum Gasteiger partial charge on any atom is -0.495 e. The van der Waals surface area contributed by atoms with E-state index in [4.69, 9.17) is 14.7 Å². The fraction of sp³-hybridized carbons (Fsp3) is 0.333. The third kappa shape index (κ3) is 5.16. The van der Waals surface area contributed by atoms with E-state index >= 15 is 0 Å². The molecular weight excluding hydrogens is 270 g/mol. The van der Waals surface area contributed by atoms with Crippen molar-refractivity contribution in [3.8, 4) is 11.8 Å². The number of rotatable bonds is 7. The number of aryl methyl sites for hydroxylation is 1. The van der Waals surface area contributed by atoms with Crippen molar-refractivity contribution >= 4 is 11.6 Å². The maximum Gasteiger partial charge on any atom is 0.263 e. The number of nitriles is 1. The molecule has 2 N–H and O–H groups in total. The van der Waals surface area contributed by atoms with E-state index in [-0.39, 0.29) is 5.57 Å². The molecule has 0 radical (unpaired) electrons. The van der Waals surface area contributed by atoms with Crippen LogP contribution >= 0.6 is 0 Å². The van der Waals surface area contributed by atoms with E-state index in [9.17, 15) is 4.79 Å². The van der Waals surface area contributed by atoms with Gasteiger partial charge in [0.25, 0.3) is 5.91 Å². The van der Waals surface area contributed by atoms with Crippen molar-refractivity contribution in [3.05, 3.63) is 35.5 Å². The van der Waals surface area contributed by atoms with E-state index in [0.29, 0.717) is 24.6 Å². The number of amides is 1. The van der Waals surface area contributed by atoms with Crippen LogP contribution < -0.4 is 15.4 Å². The predicted molar refractivity (Wildman–Crippen MR) is 79.9 cm³/mol. The highest BCUT2D eigenvalue weighted by Crippen LogP contribution is 2.25. The Bertz CT molecular complexity index is 562. The number of benzene rings is 1. The van der Waals surface area contributed by atoms with Crippen molar-refractivity contribution in [1.82, 2.24) is 5.32 Å². The molecule has 0 atom stereocenters. The molecule has 0 aliphatic heterocycles. The molecule has 1 amide bonds. The smallest absolute Gasteiger partial charge is 0.263 e. The van der Waals surface area contributed by atoms with Crippen molar-refractivity contribution in [3.63, 3.8) is 0 Å². The molecule has 1 aromatic rings. The normalized spacial score (nSPS) is 10.7. The molecule has 0 unspecified atom stereocenters. The summed E-state index contributed by atoms with van der Waals surface area (Å²) in [5, 5.41) is 14.5. The number of hydrogen-bond donors (Lipinski definition) is 2. The number of carbonyl (C=O) groups excluding carboxylic acids is 1. The summed E-state index contributed by atoms with van der Waals surface area (Å²) < 4.78 is 10.0. The lowest BCUT2D eigenvalue weighted by molar-refractivity contribution is -0.117. The highest BCUT2D eigenvalue weighted by molar-refractivity contribution is 5.97. The first kappa shape index (κ1) is 16.5. The van der Waals surface area contributed by atoms with Gasteiger partial charge >= 0.3 is 0 Å². The van der Waals surface area contributed by atoms with Crippen molar-refractivity contribution in [2.24, 2.45) is 0 Å². The number of carbonyl (C=O) groups is 1. The number of hydrogen-bond acceptors (Lipinski definition) is 5. The largest absolute Gasteiger partial charge is 0.495 e. The lowest BCUT2D eigenvalue weighted by atomic mass is 10.2.